The summed E-state index contributed by atoms with van der Waals surface area (Å²) in [5, 5.41) is 21.2. The Labute approximate surface area is 237 Å². The van der Waals surface area contributed by atoms with E-state index in [1.54, 1.807) is 25.0 Å². The summed E-state index contributed by atoms with van der Waals surface area (Å²) >= 11 is 0. The van der Waals surface area contributed by atoms with Gasteiger partial charge in [-0.25, -0.2) is 14.6 Å². The fourth-order valence-electron chi connectivity index (χ4n) is 4.34. The summed E-state index contributed by atoms with van der Waals surface area (Å²) in [5.74, 6) is 0.922. The highest BCUT2D eigenvalue weighted by molar-refractivity contribution is 6.74. The second-order valence-corrected chi connectivity index (χ2v) is 17.3. The fourth-order valence-corrected chi connectivity index (χ4v) is 5.45. The molecule has 1 unspecified atom stereocenters. The van der Waals surface area contributed by atoms with Crippen LogP contribution >= 0.6 is 0 Å². The van der Waals surface area contributed by atoms with Gasteiger partial charge in [0.05, 0.1) is 22.6 Å². The van der Waals surface area contributed by atoms with Crippen LogP contribution in [0.25, 0.3) is 11.3 Å². The molecular formula is C29H40N8O2Si. The van der Waals surface area contributed by atoms with Gasteiger partial charge in [0.1, 0.15) is 18.4 Å². The van der Waals surface area contributed by atoms with E-state index in [4.69, 9.17) is 9.41 Å². The predicted octanol–water partition coefficient (Wildman–Crippen LogP) is 5.06. The number of anilines is 3. The maximum absolute atomic E-state index is 12.3. The quantitative estimate of drug-likeness (QED) is 0.367. The highest BCUT2D eigenvalue weighted by Crippen LogP contribution is 2.44. The zero-order valence-electron chi connectivity index (χ0n) is 25.0. The van der Waals surface area contributed by atoms with E-state index in [1.807, 2.05) is 25.1 Å². The minimum Gasteiger partial charge on any atom is -0.416 e. The Kier molecular flexibility index (Phi) is 7.80. The van der Waals surface area contributed by atoms with E-state index in [-0.39, 0.29) is 22.9 Å². The normalized spacial score (nSPS) is 16.7. The molecule has 1 aromatic carbocycles. The van der Waals surface area contributed by atoms with Crippen LogP contribution in [0.2, 0.25) is 18.1 Å². The molecule has 4 rings (SSSR count). The number of nitriles is 1. The number of hydrogen-bond donors (Lipinski definition) is 2. The van der Waals surface area contributed by atoms with Crippen LogP contribution < -0.4 is 10.6 Å². The van der Waals surface area contributed by atoms with Crippen molar-refractivity contribution >= 4 is 31.7 Å². The molecule has 0 bridgehead atoms. The largest absolute Gasteiger partial charge is 0.416 e. The number of hydrogen-bond acceptors (Lipinski definition) is 8. The number of nitrogens with zero attached hydrogens (tertiary/aromatic N) is 6. The number of carbonyl (C=O) groups excluding carboxylic acids is 1. The highest BCUT2D eigenvalue weighted by Gasteiger charge is 2.42. The van der Waals surface area contributed by atoms with Crippen LogP contribution in [0.4, 0.5) is 17.5 Å². The third kappa shape index (κ3) is 5.88. The Hall–Kier alpha value is -3.75. The Balaban J connectivity index is 1.65. The molecule has 2 N–H and O–H groups in total. The molecule has 0 saturated heterocycles. The third-order valence-corrected chi connectivity index (χ3v) is 12.5. The Bertz CT molecular complexity index is 1470. The number of amides is 1. The Morgan fingerprint density at radius 3 is 2.67 bits per heavy atom. The van der Waals surface area contributed by atoms with Gasteiger partial charge in [-0.1, -0.05) is 27.7 Å². The van der Waals surface area contributed by atoms with Crippen molar-refractivity contribution in [2.24, 2.45) is 0 Å². The molecule has 1 atom stereocenters. The topological polar surface area (TPSA) is 121 Å². The summed E-state index contributed by atoms with van der Waals surface area (Å²) in [6.07, 6.45) is 1.68. The molecule has 2 aromatic heterocycles. The maximum Gasteiger partial charge on any atom is 0.243 e. The molecule has 1 aliphatic heterocycles. The summed E-state index contributed by atoms with van der Waals surface area (Å²) in [5.41, 5.74) is 4.50. The highest BCUT2D eigenvalue weighted by atomic mass is 28.4. The lowest BCUT2D eigenvalue weighted by molar-refractivity contribution is -0.129. The van der Waals surface area contributed by atoms with E-state index in [1.165, 1.54) is 4.90 Å². The van der Waals surface area contributed by atoms with Gasteiger partial charge < -0.3 is 20.0 Å². The van der Waals surface area contributed by atoms with Crippen molar-refractivity contribution in [3.63, 3.8) is 0 Å². The van der Waals surface area contributed by atoms with E-state index >= 15 is 0 Å². The first-order chi connectivity index (χ1) is 18.6. The maximum atomic E-state index is 12.3. The van der Waals surface area contributed by atoms with E-state index in [0.29, 0.717) is 36.2 Å². The third-order valence-electron chi connectivity index (χ3n) is 8.00. The first kappa shape index (κ1) is 29.2. The van der Waals surface area contributed by atoms with Crippen molar-refractivity contribution in [1.82, 2.24) is 24.6 Å². The van der Waals surface area contributed by atoms with E-state index in [9.17, 15) is 10.1 Å². The second-order valence-electron chi connectivity index (χ2n) is 12.5. The van der Waals surface area contributed by atoms with Crippen molar-refractivity contribution in [2.45, 2.75) is 64.7 Å². The number of fused-ring (bicyclic) bond motifs is 1. The smallest absolute Gasteiger partial charge is 0.243 e. The molecule has 11 heteroatoms. The van der Waals surface area contributed by atoms with Crippen LogP contribution in [-0.4, -0.2) is 66.1 Å². The molecule has 0 aliphatic carbocycles. The van der Waals surface area contributed by atoms with Gasteiger partial charge in [0, 0.05) is 50.5 Å². The molecule has 0 saturated carbocycles. The van der Waals surface area contributed by atoms with Crippen LogP contribution in [-0.2, 0) is 21.2 Å². The lowest BCUT2D eigenvalue weighted by Gasteiger charge is -2.39. The number of aryl methyl sites for hydroxylation is 1. The number of benzene rings is 1. The average Bonchev–Trinajstić information content (AvgIpc) is 3.40. The van der Waals surface area contributed by atoms with Crippen LogP contribution in [0, 0.1) is 18.3 Å². The van der Waals surface area contributed by atoms with Crippen LogP contribution in [0.15, 0.2) is 30.5 Å². The molecule has 212 valence electrons. The van der Waals surface area contributed by atoms with Gasteiger partial charge in [-0.05, 0) is 48.8 Å². The van der Waals surface area contributed by atoms with Gasteiger partial charge >= 0.3 is 0 Å². The summed E-state index contributed by atoms with van der Waals surface area (Å²) in [4.78, 5) is 23.0. The van der Waals surface area contributed by atoms with Gasteiger partial charge in [-0.3, -0.25) is 4.79 Å². The molecule has 3 aromatic rings. The van der Waals surface area contributed by atoms with E-state index < -0.39 is 8.32 Å². The molecule has 0 fully saturated rings. The molecule has 1 amide bonds. The van der Waals surface area contributed by atoms with Crippen molar-refractivity contribution in [2.75, 3.05) is 37.9 Å². The molecule has 0 radical (unpaired) electrons. The van der Waals surface area contributed by atoms with Gasteiger partial charge in [-0.15, -0.1) is 0 Å². The van der Waals surface area contributed by atoms with Gasteiger partial charge in [0.15, 0.2) is 8.32 Å². The monoisotopic (exact) mass is 560 g/mol. The SMILES string of the molecule is Cc1cc(Nc2nccc(-c3cc(C#N)c4c(c3)C(C)(CO[Si](C)(C)C(C)(C)C)CN4)n2)n(CC(=O)N(C)C)n1. The zero-order chi connectivity index (χ0) is 29.5. The first-order valence-electron chi connectivity index (χ1n) is 13.4. The average molecular weight is 561 g/mol. The first-order valence-corrected chi connectivity index (χ1v) is 16.4. The van der Waals surface area contributed by atoms with Gasteiger partial charge in [-0.2, -0.15) is 10.4 Å². The number of carbonyl (C=O) groups is 1. The van der Waals surface area contributed by atoms with Gasteiger partial charge in [0.25, 0.3) is 0 Å². The molecular weight excluding hydrogens is 520 g/mol. The lowest BCUT2D eigenvalue weighted by atomic mass is 9.83. The summed E-state index contributed by atoms with van der Waals surface area (Å²) in [6, 6.07) is 10.0. The predicted molar refractivity (Wildman–Crippen MR) is 160 cm³/mol. The molecule has 10 nitrogen and oxygen atoms in total. The van der Waals surface area contributed by atoms with E-state index in [0.717, 1.165) is 22.5 Å². The van der Waals surface area contributed by atoms with Crippen LogP contribution in [0.5, 0.6) is 0 Å². The number of nitrogens with one attached hydrogen (secondary N) is 2. The van der Waals surface area contributed by atoms with Crippen LogP contribution in [0.3, 0.4) is 0 Å². The Morgan fingerprint density at radius 1 is 1.30 bits per heavy atom. The second kappa shape index (κ2) is 10.7. The number of likely N-dealkylation sites (N-methyl/N-ethyl adjacent to an activating group) is 1. The molecule has 1 aliphatic rings. The molecule has 0 spiro atoms. The van der Waals surface area contributed by atoms with Crippen molar-refractivity contribution in [1.29, 1.82) is 5.26 Å². The van der Waals surface area contributed by atoms with Crippen molar-refractivity contribution in [3.05, 3.63) is 47.3 Å². The summed E-state index contributed by atoms with van der Waals surface area (Å²) < 4.78 is 8.25. The number of aromatic nitrogens is 4. The zero-order valence-corrected chi connectivity index (χ0v) is 26.0. The number of rotatable bonds is 8. The standard InChI is InChI=1S/C29H40N8O2Si/c1-19-12-24(37(35-19)16-25(38)36(6)7)34-27-31-11-10-23(33-27)20-13-21(15-30)26-22(14-20)29(5,17-32-26)18-39-40(8,9)28(2,3)4/h10-14,32H,16-18H2,1-9H3,(H,31,33,34). The molecule has 40 heavy (non-hydrogen) atoms. The minimum atomic E-state index is -1.96. The van der Waals surface area contributed by atoms with Crippen molar-refractivity contribution in [3.8, 4) is 17.3 Å². The van der Waals surface area contributed by atoms with Gasteiger partial charge in [0.2, 0.25) is 11.9 Å². The summed E-state index contributed by atoms with van der Waals surface area (Å²) in [6.45, 7) is 16.7. The lowest BCUT2D eigenvalue weighted by Crippen LogP contribution is -2.45. The molecule has 3 heterocycles. The van der Waals surface area contributed by atoms with Crippen LogP contribution in [0.1, 0.15) is 44.5 Å². The minimum absolute atomic E-state index is 0.0721. The summed E-state index contributed by atoms with van der Waals surface area (Å²) in [7, 11) is 1.47. The van der Waals surface area contributed by atoms with E-state index in [2.05, 4.69) is 73.6 Å². The Morgan fingerprint density at radius 2 is 2.02 bits per heavy atom. The fraction of sp³-hybridized carbons (Fsp3) is 0.483. The van der Waals surface area contributed by atoms with Crippen molar-refractivity contribution < 1.29 is 9.22 Å².